The van der Waals surface area contributed by atoms with Gasteiger partial charge in [0, 0.05) is 30.4 Å². The van der Waals surface area contributed by atoms with E-state index in [1.807, 2.05) is 0 Å². The van der Waals surface area contributed by atoms with Crippen molar-refractivity contribution in [3.63, 3.8) is 0 Å². The fourth-order valence-electron chi connectivity index (χ4n) is 2.79. The van der Waals surface area contributed by atoms with Gasteiger partial charge in [-0.05, 0) is 43.3 Å². The van der Waals surface area contributed by atoms with Crippen LogP contribution in [0.15, 0.2) is 36.5 Å². The van der Waals surface area contributed by atoms with Gasteiger partial charge in [-0.1, -0.05) is 6.92 Å². The number of benzene rings is 1. The molecule has 1 atom stereocenters. The molecule has 2 aromatic rings. The maximum absolute atomic E-state index is 13.2. The van der Waals surface area contributed by atoms with Gasteiger partial charge in [0.05, 0.1) is 6.54 Å². The first-order valence-electron chi connectivity index (χ1n) is 7.56. The van der Waals surface area contributed by atoms with Crippen LogP contribution in [0.1, 0.15) is 24.6 Å². The number of rotatable bonds is 6. The van der Waals surface area contributed by atoms with E-state index < -0.39 is 0 Å². The molecule has 1 aromatic heterocycles. The molecule has 0 saturated heterocycles. The molecule has 0 aliphatic carbocycles. The second kappa shape index (κ2) is 6.31. The first kappa shape index (κ1) is 14.1. The molecule has 4 heteroatoms. The number of ether oxygens (including phenoxy) is 1. The van der Waals surface area contributed by atoms with Crippen LogP contribution >= 0.6 is 0 Å². The highest BCUT2D eigenvalue weighted by Gasteiger charge is 2.23. The first-order chi connectivity index (χ1) is 10.3. The smallest absolute Gasteiger partial charge is 0.123 e. The van der Waals surface area contributed by atoms with Crippen LogP contribution < -0.4 is 10.1 Å². The molecule has 1 N–H and O–H groups in total. The quantitative estimate of drug-likeness (QED) is 0.827. The van der Waals surface area contributed by atoms with E-state index in [-0.39, 0.29) is 11.9 Å². The number of hydrogen-bond donors (Lipinski definition) is 1. The molecule has 0 saturated carbocycles. The minimum absolute atomic E-state index is 0.0825. The average Bonchev–Trinajstić information content (AvgIpc) is 3.06. The summed E-state index contributed by atoms with van der Waals surface area (Å²) >= 11 is 0. The van der Waals surface area contributed by atoms with E-state index in [9.17, 15) is 4.39 Å². The zero-order chi connectivity index (χ0) is 14.7. The molecule has 1 unspecified atom stereocenters. The Morgan fingerprint density at radius 3 is 3.14 bits per heavy atom. The molecular formula is C17H21FN2O. The van der Waals surface area contributed by atoms with Crippen LogP contribution in [-0.4, -0.2) is 17.2 Å². The zero-order valence-electron chi connectivity index (χ0n) is 12.3. The molecule has 3 nitrogen and oxygen atoms in total. The molecule has 0 fully saturated rings. The van der Waals surface area contributed by atoms with Crippen LogP contribution in [0.2, 0.25) is 0 Å². The summed E-state index contributed by atoms with van der Waals surface area (Å²) < 4.78 is 21.4. The van der Waals surface area contributed by atoms with Gasteiger partial charge >= 0.3 is 0 Å². The van der Waals surface area contributed by atoms with E-state index in [1.54, 1.807) is 12.1 Å². The maximum atomic E-state index is 13.2. The number of halogens is 1. The van der Waals surface area contributed by atoms with E-state index in [1.165, 1.54) is 11.8 Å². The highest BCUT2D eigenvalue weighted by Crippen LogP contribution is 2.30. The largest absolute Gasteiger partial charge is 0.488 e. The summed E-state index contributed by atoms with van der Waals surface area (Å²) in [6.45, 7) is 4.85. The summed E-state index contributed by atoms with van der Waals surface area (Å²) in [6, 6.07) is 8.95. The van der Waals surface area contributed by atoms with Crippen molar-refractivity contribution in [3.05, 3.63) is 53.6 Å². The second-order valence-electron chi connectivity index (χ2n) is 5.52. The summed E-state index contributed by atoms with van der Waals surface area (Å²) in [5.41, 5.74) is 2.23. The number of fused-ring (bicyclic) bond motifs is 1. The molecule has 0 bridgehead atoms. The third-order valence-corrected chi connectivity index (χ3v) is 3.82. The molecule has 1 aromatic carbocycles. The van der Waals surface area contributed by atoms with Gasteiger partial charge in [-0.25, -0.2) is 4.39 Å². The van der Waals surface area contributed by atoms with E-state index in [2.05, 4.69) is 35.1 Å². The van der Waals surface area contributed by atoms with Crippen LogP contribution in [0.5, 0.6) is 5.75 Å². The molecule has 1 aliphatic heterocycles. The van der Waals surface area contributed by atoms with Crippen LogP contribution in [-0.2, 0) is 19.5 Å². The topological polar surface area (TPSA) is 26.2 Å². The maximum Gasteiger partial charge on any atom is 0.123 e. The lowest BCUT2D eigenvalue weighted by molar-refractivity contribution is 0.208. The fraction of sp³-hybridized carbons (Fsp3) is 0.412. The predicted molar refractivity (Wildman–Crippen MR) is 80.9 cm³/mol. The Morgan fingerprint density at radius 2 is 2.29 bits per heavy atom. The number of nitrogens with zero attached hydrogens (tertiary/aromatic N) is 1. The zero-order valence-corrected chi connectivity index (χ0v) is 12.3. The van der Waals surface area contributed by atoms with Gasteiger partial charge in [0.2, 0.25) is 0 Å². The molecule has 112 valence electrons. The number of hydrogen-bond acceptors (Lipinski definition) is 2. The molecule has 0 amide bonds. The van der Waals surface area contributed by atoms with E-state index >= 15 is 0 Å². The second-order valence-corrected chi connectivity index (χ2v) is 5.52. The van der Waals surface area contributed by atoms with E-state index in [4.69, 9.17) is 4.74 Å². The van der Waals surface area contributed by atoms with Crippen molar-refractivity contribution < 1.29 is 9.13 Å². The molecule has 3 rings (SSSR count). The van der Waals surface area contributed by atoms with Gasteiger partial charge in [0.1, 0.15) is 17.7 Å². The van der Waals surface area contributed by atoms with Gasteiger partial charge in [0.25, 0.3) is 0 Å². The summed E-state index contributed by atoms with van der Waals surface area (Å²) in [5, 5.41) is 3.42. The Kier molecular flexibility index (Phi) is 4.25. The highest BCUT2D eigenvalue weighted by atomic mass is 19.1. The highest BCUT2D eigenvalue weighted by molar-refractivity contribution is 5.37. The molecule has 0 radical (unpaired) electrons. The van der Waals surface area contributed by atoms with Crippen LogP contribution in [0.4, 0.5) is 4.39 Å². The summed E-state index contributed by atoms with van der Waals surface area (Å²) in [7, 11) is 0. The Hall–Kier alpha value is -1.81. The Balaban J connectivity index is 1.62. The summed E-state index contributed by atoms with van der Waals surface area (Å²) in [6.07, 6.45) is 4.06. The number of aromatic nitrogens is 1. The normalized spacial score (nSPS) is 16.8. The fourth-order valence-corrected chi connectivity index (χ4v) is 2.79. The van der Waals surface area contributed by atoms with Crippen LogP contribution in [0.3, 0.4) is 0 Å². The summed E-state index contributed by atoms with van der Waals surface area (Å²) in [5.74, 6) is 0.627. The van der Waals surface area contributed by atoms with Crippen molar-refractivity contribution in [2.24, 2.45) is 0 Å². The molecule has 1 aliphatic rings. The standard InChI is InChI=1S/C17H21FN2O/c1-2-7-19-11-15-4-3-8-20(15)12-16-10-13-9-14(18)5-6-17(13)21-16/h3-6,8-9,16,19H,2,7,10-12H2,1H3. The lowest BCUT2D eigenvalue weighted by Crippen LogP contribution is -2.23. The average molecular weight is 288 g/mol. The minimum Gasteiger partial charge on any atom is -0.488 e. The summed E-state index contributed by atoms with van der Waals surface area (Å²) in [4.78, 5) is 0. The van der Waals surface area contributed by atoms with Gasteiger partial charge < -0.3 is 14.6 Å². The molecule has 21 heavy (non-hydrogen) atoms. The van der Waals surface area contributed by atoms with Crippen molar-refractivity contribution in [2.75, 3.05) is 6.54 Å². The third kappa shape index (κ3) is 3.27. The van der Waals surface area contributed by atoms with Gasteiger partial charge in [-0.3, -0.25) is 0 Å². The minimum atomic E-state index is -0.191. The van der Waals surface area contributed by atoms with Crippen LogP contribution in [0, 0.1) is 5.82 Å². The molecule has 2 heterocycles. The first-order valence-corrected chi connectivity index (χ1v) is 7.56. The van der Waals surface area contributed by atoms with Gasteiger partial charge in [-0.2, -0.15) is 0 Å². The SMILES string of the molecule is CCCNCc1cccn1CC1Cc2cc(F)ccc2O1. The predicted octanol–water partition coefficient (Wildman–Crippen LogP) is 3.13. The van der Waals surface area contributed by atoms with Gasteiger partial charge in [-0.15, -0.1) is 0 Å². The lowest BCUT2D eigenvalue weighted by Gasteiger charge is -2.15. The van der Waals surface area contributed by atoms with Gasteiger partial charge in [0.15, 0.2) is 0 Å². The Labute approximate surface area is 124 Å². The van der Waals surface area contributed by atoms with Crippen molar-refractivity contribution in [1.29, 1.82) is 0 Å². The lowest BCUT2D eigenvalue weighted by atomic mass is 10.1. The van der Waals surface area contributed by atoms with E-state index in [0.717, 1.165) is 43.8 Å². The molecular weight excluding hydrogens is 267 g/mol. The van der Waals surface area contributed by atoms with Crippen molar-refractivity contribution in [3.8, 4) is 5.75 Å². The Bertz CT molecular complexity index is 609. The monoisotopic (exact) mass is 288 g/mol. The third-order valence-electron chi connectivity index (χ3n) is 3.82. The van der Waals surface area contributed by atoms with Crippen molar-refractivity contribution >= 4 is 0 Å². The number of nitrogens with one attached hydrogen (secondary N) is 1. The van der Waals surface area contributed by atoms with Crippen molar-refractivity contribution in [1.82, 2.24) is 9.88 Å². The molecule has 0 spiro atoms. The van der Waals surface area contributed by atoms with E-state index in [0.29, 0.717) is 0 Å². The van der Waals surface area contributed by atoms with Crippen molar-refractivity contribution in [2.45, 2.75) is 39.0 Å². The van der Waals surface area contributed by atoms with Crippen LogP contribution in [0.25, 0.3) is 0 Å². The Morgan fingerprint density at radius 1 is 1.38 bits per heavy atom.